The van der Waals surface area contributed by atoms with E-state index in [9.17, 15) is 24.0 Å². The highest BCUT2D eigenvalue weighted by Crippen LogP contribution is 2.36. The van der Waals surface area contributed by atoms with E-state index >= 15 is 0 Å². The molecular weight excluding hydrogens is 582 g/mol. The fourth-order valence-electron chi connectivity index (χ4n) is 3.86. The summed E-state index contributed by atoms with van der Waals surface area (Å²) < 4.78 is 44.7. The van der Waals surface area contributed by atoms with E-state index < -0.39 is 16.5 Å². The van der Waals surface area contributed by atoms with E-state index in [0.717, 1.165) is 28.2 Å². The molecule has 0 saturated carbocycles. The number of benzene rings is 2. The number of azo groups is 1. The average molecular weight is 614 g/mol. The van der Waals surface area contributed by atoms with E-state index in [1.165, 1.54) is 0 Å². The number of hydrogen-bond acceptors (Lipinski definition) is 12. The molecule has 3 aromatic rings. The number of rotatable bonds is 16. The van der Waals surface area contributed by atoms with Gasteiger partial charge in [0, 0.05) is 18.8 Å². The van der Waals surface area contributed by atoms with Crippen LogP contribution in [-0.4, -0.2) is 64.2 Å². The molecule has 2 N–H and O–H groups in total. The maximum Gasteiger partial charge on any atom is 0.397 e. The third-order valence-corrected chi connectivity index (χ3v) is 7.60. The number of nitrogens with zero attached hydrogens (tertiary/aromatic N) is 5. The predicted molar refractivity (Wildman–Crippen MR) is 157 cm³/mol. The van der Waals surface area contributed by atoms with Crippen LogP contribution in [0.1, 0.15) is 33.2 Å². The second-order valence-electron chi connectivity index (χ2n) is 8.98. The molecule has 14 heteroatoms. The molecule has 0 radical (unpaired) electrons. The number of ether oxygens (including phenoxy) is 2. The van der Waals surface area contributed by atoms with Crippen molar-refractivity contribution in [3.05, 3.63) is 75.7 Å². The number of thiophene rings is 1. The zero-order valence-electron chi connectivity index (χ0n) is 23.1. The lowest BCUT2D eigenvalue weighted by Crippen LogP contribution is -2.32. The first kappa shape index (κ1) is 32.8. The minimum Gasteiger partial charge on any atom is -0.387 e. The van der Waals surface area contributed by atoms with Crippen molar-refractivity contribution >= 4 is 38.1 Å². The van der Waals surface area contributed by atoms with E-state index in [0.29, 0.717) is 46.4 Å². The van der Waals surface area contributed by atoms with E-state index in [2.05, 4.69) is 26.6 Å². The third-order valence-electron chi connectivity index (χ3n) is 6.05. The molecule has 0 aliphatic rings. The minimum atomic E-state index is -4.49. The highest BCUT2D eigenvalue weighted by Gasteiger charge is 2.17. The second-order valence-corrected chi connectivity index (χ2v) is 11.1. The third kappa shape index (κ3) is 9.97. The molecule has 0 bridgehead atoms. The largest absolute Gasteiger partial charge is 0.397 e. The summed E-state index contributed by atoms with van der Waals surface area (Å²) in [6.07, 6.45) is -0.752. The van der Waals surface area contributed by atoms with Crippen molar-refractivity contribution in [1.29, 1.82) is 10.5 Å². The Morgan fingerprint density at radius 1 is 0.976 bits per heavy atom. The Morgan fingerprint density at radius 2 is 1.67 bits per heavy atom. The summed E-state index contributed by atoms with van der Waals surface area (Å²) >= 11 is 1.12. The quantitative estimate of drug-likeness (QED) is 0.128. The van der Waals surface area contributed by atoms with Crippen LogP contribution in [0.3, 0.4) is 0 Å². The normalized spacial score (nSPS) is 12.2. The van der Waals surface area contributed by atoms with Crippen LogP contribution in [-0.2, 0) is 24.1 Å². The maximum atomic E-state index is 10.9. The van der Waals surface area contributed by atoms with Gasteiger partial charge in [-0.25, -0.2) is 4.18 Å². The van der Waals surface area contributed by atoms with Gasteiger partial charge < -0.3 is 19.5 Å². The van der Waals surface area contributed by atoms with Crippen LogP contribution in [0, 0.1) is 36.5 Å². The van der Waals surface area contributed by atoms with Crippen molar-refractivity contribution in [3.63, 3.8) is 0 Å². The maximum absolute atomic E-state index is 10.9. The number of aliphatic hydroxyl groups is 1. The Balaban J connectivity index is 1.66. The van der Waals surface area contributed by atoms with Gasteiger partial charge in [-0.3, -0.25) is 4.55 Å². The van der Waals surface area contributed by atoms with E-state index in [1.54, 1.807) is 13.0 Å². The molecular formula is C28H31N5O7S2. The van der Waals surface area contributed by atoms with Gasteiger partial charge in [0.15, 0.2) is 5.00 Å². The summed E-state index contributed by atoms with van der Waals surface area (Å²) in [5.74, 6) is 0. The fraction of sp³-hybridized carbons (Fsp3) is 0.357. The zero-order chi connectivity index (χ0) is 30.5. The number of aryl methyl sites for hydroxylation is 1. The SMILES string of the molecule is Cc1cc(N(CCOCCOCCOS(=O)(=O)O)CC(O)c2ccccc2)ccc1/N=N/c1sc(C#N)c(C)c1C#N. The van der Waals surface area contributed by atoms with Crippen LogP contribution in [0.25, 0.3) is 0 Å². The lowest BCUT2D eigenvalue weighted by molar-refractivity contribution is 0.0374. The Morgan fingerprint density at radius 3 is 2.31 bits per heavy atom. The van der Waals surface area contributed by atoms with Crippen molar-refractivity contribution in [2.24, 2.45) is 10.2 Å². The molecule has 2 aromatic carbocycles. The highest BCUT2D eigenvalue weighted by molar-refractivity contribution is 7.80. The van der Waals surface area contributed by atoms with E-state index in [1.807, 2.05) is 54.3 Å². The van der Waals surface area contributed by atoms with Crippen LogP contribution in [0.2, 0.25) is 0 Å². The molecule has 1 heterocycles. The van der Waals surface area contributed by atoms with Crippen molar-refractivity contribution in [2.75, 3.05) is 51.0 Å². The molecule has 0 aliphatic heterocycles. The van der Waals surface area contributed by atoms with Gasteiger partial charge in [-0.2, -0.15) is 18.9 Å². The Hall–Kier alpha value is -3.73. The van der Waals surface area contributed by atoms with Gasteiger partial charge in [0.25, 0.3) is 0 Å². The zero-order valence-corrected chi connectivity index (χ0v) is 24.8. The van der Waals surface area contributed by atoms with Crippen molar-refractivity contribution < 1.29 is 31.7 Å². The smallest absolute Gasteiger partial charge is 0.387 e. The first-order chi connectivity index (χ1) is 20.1. The molecule has 0 spiro atoms. The molecule has 0 aliphatic carbocycles. The minimum absolute atomic E-state index is 0.0229. The molecule has 0 amide bonds. The molecule has 0 saturated heterocycles. The van der Waals surface area contributed by atoms with Crippen molar-refractivity contribution in [3.8, 4) is 12.1 Å². The van der Waals surface area contributed by atoms with Gasteiger partial charge in [-0.15, -0.1) is 21.6 Å². The van der Waals surface area contributed by atoms with Gasteiger partial charge in [0.05, 0.1) is 50.4 Å². The number of anilines is 1. The topological polar surface area (TPSA) is 178 Å². The summed E-state index contributed by atoms with van der Waals surface area (Å²) in [6, 6.07) is 19.1. The van der Waals surface area contributed by atoms with Gasteiger partial charge >= 0.3 is 10.4 Å². The molecule has 222 valence electrons. The lowest BCUT2D eigenvalue weighted by Gasteiger charge is -2.28. The first-order valence-electron chi connectivity index (χ1n) is 12.8. The summed E-state index contributed by atoms with van der Waals surface area (Å²) in [5, 5.41) is 38.6. The second kappa shape index (κ2) is 16.1. The average Bonchev–Trinajstić information content (AvgIpc) is 3.28. The summed E-state index contributed by atoms with van der Waals surface area (Å²) in [5.41, 5.74) is 3.97. The number of nitriles is 2. The molecule has 3 rings (SSSR count). The van der Waals surface area contributed by atoms with Crippen LogP contribution < -0.4 is 4.90 Å². The van der Waals surface area contributed by atoms with Crippen LogP contribution in [0.4, 0.5) is 16.4 Å². The Kier molecular flexibility index (Phi) is 12.5. The van der Waals surface area contributed by atoms with Crippen molar-refractivity contribution in [1.82, 2.24) is 0 Å². The van der Waals surface area contributed by atoms with Gasteiger partial charge in [-0.05, 0) is 48.7 Å². The first-order valence-corrected chi connectivity index (χ1v) is 15.0. The van der Waals surface area contributed by atoms with Crippen molar-refractivity contribution in [2.45, 2.75) is 20.0 Å². The standard InChI is InChI=1S/C28H31N5O7S2/c1-20-16-23(8-9-25(20)31-32-28-24(17-29)21(2)27(18-30)41-28)33(19-26(34)22-6-4-3-5-7-22)10-11-38-12-13-39-14-15-40-42(35,36)37/h3-9,16,26,34H,10-15,19H2,1-2H3,(H,35,36,37)/b32-31+. The van der Waals surface area contributed by atoms with Crippen LogP contribution >= 0.6 is 11.3 Å². The van der Waals surface area contributed by atoms with E-state index in [4.69, 9.17) is 14.0 Å². The van der Waals surface area contributed by atoms with Gasteiger partial charge in [0.2, 0.25) is 0 Å². The summed E-state index contributed by atoms with van der Waals surface area (Å²) in [7, 11) is -4.49. The summed E-state index contributed by atoms with van der Waals surface area (Å²) in [6.45, 7) is 4.80. The molecule has 0 fully saturated rings. The molecule has 1 aromatic heterocycles. The number of aliphatic hydroxyl groups excluding tert-OH is 1. The Labute approximate surface area is 249 Å². The predicted octanol–water partition coefficient (Wildman–Crippen LogP) is 4.92. The van der Waals surface area contributed by atoms with E-state index in [-0.39, 0.29) is 26.4 Å². The van der Waals surface area contributed by atoms with Crippen LogP contribution in [0.5, 0.6) is 0 Å². The van der Waals surface area contributed by atoms with Crippen LogP contribution in [0.15, 0.2) is 58.8 Å². The molecule has 12 nitrogen and oxygen atoms in total. The van der Waals surface area contributed by atoms with Gasteiger partial charge in [-0.1, -0.05) is 30.3 Å². The lowest BCUT2D eigenvalue weighted by atomic mass is 10.1. The Bertz CT molecular complexity index is 1550. The molecule has 42 heavy (non-hydrogen) atoms. The molecule has 1 unspecified atom stereocenters. The highest BCUT2D eigenvalue weighted by atomic mass is 32.3. The van der Waals surface area contributed by atoms with Gasteiger partial charge in [0.1, 0.15) is 17.0 Å². The monoisotopic (exact) mass is 613 g/mol. The fourth-order valence-corrected chi connectivity index (χ4v) is 5.02. The molecule has 1 atom stereocenters. The number of hydrogen-bond donors (Lipinski definition) is 2. The summed E-state index contributed by atoms with van der Waals surface area (Å²) in [4.78, 5) is 2.42.